The minimum absolute atomic E-state index is 0.201. The second kappa shape index (κ2) is 9.55. The van der Waals surface area contributed by atoms with Crippen LogP contribution in [0.25, 0.3) is 66.1 Å². The van der Waals surface area contributed by atoms with Crippen LogP contribution in [0.1, 0.15) is 30.5 Å². The van der Waals surface area contributed by atoms with Crippen molar-refractivity contribution in [2.75, 3.05) is 0 Å². The maximum absolute atomic E-state index is 9.59. The van der Waals surface area contributed by atoms with E-state index in [1.54, 1.807) is 0 Å². The lowest BCUT2D eigenvalue weighted by molar-refractivity contribution is 0.660. The van der Waals surface area contributed by atoms with Crippen molar-refractivity contribution in [3.8, 4) is 50.6 Å². The summed E-state index contributed by atoms with van der Waals surface area (Å²) in [4.78, 5) is 0. The summed E-state index contributed by atoms with van der Waals surface area (Å²) in [6.45, 7) is 4.56. The Hall–Kier alpha value is -5.45. The van der Waals surface area contributed by atoms with E-state index in [0.29, 0.717) is 5.56 Å². The maximum Gasteiger partial charge on any atom is 0.0991 e. The molecule has 202 valence electrons. The third kappa shape index (κ3) is 3.77. The number of fused-ring (bicyclic) bond motifs is 5. The van der Waals surface area contributed by atoms with Crippen molar-refractivity contribution in [3.63, 3.8) is 0 Å². The molecule has 0 aromatic heterocycles. The standard InChI is InChI=1S/C42H29N/c1-42(2)38-24-27(26-43)20-22-31(38)32-23-21-29(25-39(32)42)40-34-16-8-10-18-36(34)41(37-19-11-9-17-35(37)40)33-15-7-6-14-30(33)28-12-4-3-5-13-28/h3-25H,1-2H3. The van der Waals surface area contributed by atoms with Gasteiger partial charge in [-0.25, -0.2) is 0 Å². The van der Waals surface area contributed by atoms with Crippen molar-refractivity contribution in [1.29, 1.82) is 5.26 Å². The van der Waals surface area contributed by atoms with Gasteiger partial charge in [0.1, 0.15) is 0 Å². The average Bonchev–Trinajstić information content (AvgIpc) is 3.29. The highest BCUT2D eigenvalue weighted by molar-refractivity contribution is 6.22. The zero-order chi connectivity index (χ0) is 29.1. The fourth-order valence-corrected chi connectivity index (χ4v) is 7.26. The Morgan fingerprint density at radius 1 is 0.442 bits per heavy atom. The van der Waals surface area contributed by atoms with Gasteiger partial charge in [-0.1, -0.05) is 135 Å². The number of benzene rings is 7. The van der Waals surface area contributed by atoms with Gasteiger partial charge in [0.2, 0.25) is 0 Å². The molecule has 0 atom stereocenters. The number of hydrogen-bond donors (Lipinski definition) is 0. The molecule has 1 heteroatoms. The number of nitriles is 1. The van der Waals surface area contributed by atoms with E-state index in [4.69, 9.17) is 0 Å². The lowest BCUT2D eigenvalue weighted by Gasteiger charge is -2.23. The van der Waals surface area contributed by atoms with Gasteiger partial charge in [0.25, 0.3) is 0 Å². The molecule has 0 spiro atoms. The van der Waals surface area contributed by atoms with Crippen LogP contribution in [0, 0.1) is 11.3 Å². The van der Waals surface area contributed by atoms with E-state index in [0.717, 1.165) is 0 Å². The van der Waals surface area contributed by atoms with Gasteiger partial charge in [0.15, 0.2) is 0 Å². The number of rotatable bonds is 3. The Morgan fingerprint density at radius 2 is 0.953 bits per heavy atom. The highest BCUT2D eigenvalue weighted by Gasteiger charge is 2.36. The molecule has 7 aromatic rings. The summed E-state index contributed by atoms with van der Waals surface area (Å²) in [7, 11) is 0. The minimum Gasteiger partial charge on any atom is -0.192 e. The molecule has 43 heavy (non-hydrogen) atoms. The molecule has 0 saturated carbocycles. The third-order valence-electron chi connectivity index (χ3n) is 9.31. The van der Waals surface area contributed by atoms with E-state index in [1.165, 1.54) is 77.2 Å². The van der Waals surface area contributed by atoms with Crippen LogP contribution in [0.3, 0.4) is 0 Å². The molecule has 0 heterocycles. The monoisotopic (exact) mass is 547 g/mol. The lowest BCUT2D eigenvalue weighted by Crippen LogP contribution is -2.15. The zero-order valence-corrected chi connectivity index (χ0v) is 24.2. The van der Waals surface area contributed by atoms with Gasteiger partial charge in [-0.15, -0.1) is 0 Å². The quantitative estimate of drug-likeness (QED) is 0.202. The second-order valence-corrected chi connectivity index (χ2v) is 12.0. The molecule has 0 amide bonds. The molecule has 7 aromatic carbocycles. The zero-order valence-electron chi connectivity index (χ0n) is 24.2. The van der Waals surface area contributed by atoms with Gasteiger partial charge in [-0.2, -0.15) is 5.26 Å². The largest absolute Gasteiger partial charge is 0.192 e. The third-order valence-corrected chi connectivity index (χ3v) is 9.31. The highest BCUT2D eigenvalue weighted by Crippen LogP contribution is 2.52. The smallest absolute Gasteiger partial charge is 0.0991 e. The number of nitrogens with zero attached hydrogens (tertiary/aromatic N) is 1. The van der Waals surface area contributed by atoms with Gasteiger partial charge in [0.05, 0.1) is 11.6 Å². The summed E-state index contributed by atoms with van der Waals surface area (Å²) in [5, 5.41) is 14.6. The van der Waals surface area contributed by atoms with E-state index in [9.17, 15) is 5.26 Å². The minimum atomic E-state index is -0.201. The molecule has 0 fully saturated rings. The predicted molar refractivity (Wildman–Crippen MR) is 180 cm³/mol. The fourth-order valence-electron chi connectivity index (χ4n) is 7.26. The molecule has 0 unspecified atom stereocenters. The van der Waals surface area contributed by atoms with Crippen molar-refractivity contribution in [2.24, 2.45) is 0 Å². The topological polar surface area (TPSA) is 23.8 Å². The van der Waals surface area contributed by atoms with Gasteiger partial charge in [-0.3, -0.25) is 0 Å². The SMILES string of the molecule is CC1(C)c2cc(C#N)ccc2-c2ccc(-c3c4ccccc4c(-c4ccccc4-c4ccccc4)c4ccccc34)cc21. The van der Waals surface area contributed by atoms with Crippen molar-refractivity contribution in [1.82, 2.24) is 0 Å². The Morgan fingerprint density at radius 3 is 1.58 bits per heavy atom. The Bertz CT molecular complexity index is 2210. The molecule has 1 aliphatic carbocycles. The van der Waals surface area contributed by atoms with E-state index in [1.807, 2.05) is 6.07 Å². The first kappa shape index (κ1) is 25.3. The van der Waals surface area contributed by atoms with Crippen molar-refractivity contribution >= 4 is 21.5 Å². The molecular formula is C42H29N. The molecule has 1 aliphatic rings. The van der Waals surface area contributed by atoms with Gasteiger partial charge in [-0.05, 0) is 95.4 Å². The summed E-state index contributed by atoms with van der Waals surface area (Å²) in [6.07, 6.45) is 0. The molecule has 0 radical (unpaired) electrons. The summed E-state index contributed by atoms with van der Waals surface area (Å²) >= 11 is 0. The van der Waals surface area contributed by atoms with Crippen LogP contribution in [-0.4, -0.2) is 0 Å². The Labute approximate surface area is 252 Å². The first-order chi connectivity index (χ1) is 21.1. The molecule has 8 rings (SSSR count). The molecule has 0 N–H and O–H groups in total. The van der Waals surface area contributed by atoms with Crippen LogP contribution in [-0.2, 0) is 5.41 Å². The van der Waals surface area contributed by atoms with Gasteiger partial charge >= 0.3 is 0 Å². The van der Waals surface area contributed by atoms with E-state index in [2.05, 4.69) is 153 Å². The molecule has 1 nitrogen and oxygen atoms in total. The van der Waals surface area contributed by atoms with E-state index < -0.39 is 0 Å². The maximum atomic E-state index is 9.59. The summed E-state index contributed by atoms with van der Waals surface area (Å²) in [5.41, 5.74) is 13.0. The summed E-state index contributed by atoms with van der Waals surface area (Å²) in [5.74, 6) is 0. The normalized spacial score (nSPS) is 13.0. The van der Waals surface area contributed by atoms with Crippen LogP contribution in [0.5, 0.6) is 0 Å². The second-order valence-electron chi connectivity index (χ2n) is 12.0. The van der Waals surface area contributed by atoms with Crippen LogP contribution in [0.4, 0.5) is 0 Å². The number of hydrogen-bond acceptors (Lipinski definition) is 1. The van der Waals surface area contributed by atoms with Gasteiger partial charge < -0.3 is 0 Å². The van der Waals surface area contributed by atoms with Gasteiger partial charge in [0, 0.05) is 5.41 Å². The van der Waals surface area contributed by atoms with Crippen LogP contribution in [0.15, 0.2) is 140 Å². The predicted octanol–water partition coefficient (Wildman–Crippen LogP) is 11.2. The average molecular weight is 548 g/mol. The van der Waals surface area contributed by atoms with Crippen LogP contribution in [0.2, 0.25) is 0 Å². The fraction of sp³-hybridized carbons (Fsp3) is 0.0714. The molecule has 0 saturated heterocycles. The highest BCUT2D eigenvalue weighted by atomic mass is 14.4. The summed E-state index contributed by atoms with van der Waals surface area (Å²) < 4.78 is 0. The van der Waals surface area contributed by atoms with Crippen LogP contribution >= 0.6 is 0 Å². The summed E-state index contributed by atoms with van der Waals surface area (Å²) in [6, 6.07) is 52.6. The molecular weight excluding hydrogens is 518 g/mol. The first-order valence-corrected chi connectivity index (χ1v) is 14.8. The van der Waals surface area contributed by atoms with E-state index in [-0.39, 0.29) is 5.41 Å². The van der Waals surface area contributed by atoms with Crippen molar-refractivity contribution < 1.29 is 0 Å². The Kier molecular flexibility index (Phi) is 5.61. The Balaban J connectivity index is 1.42. The van der Waals surface area contributed by atoms with Crippen molar-refractivity contribution in [2.45, 2.75) is 19.3 Å². The lowest BCUT2D eigenvalue weighted by atomic mass is 9.80. The first-order valence-electron chi connectivity index (χ1n) is 14.8. The molecule has 0 aliphatic heterocycles. The van der Waals surface area contributed by atoms with Crippen molar-refractivity contribution in [3.05, 3.63) is 156 Å². The van der Waals surface area contributed by atoms with E-state index >= 15 is 0 Å². The van der Waals surface area contributed by atoms with Crippen LogP contribution < -0.4 is 0 Å². The molecule has 0 bridgehead atoms.